The van der Waals surface area contributed by atoms with E-state index in [1.54, 1.807) is 0 Å². The van der Waals surface area contributed by atoms with Crippen LogP contribution in [0.4, 0.5) is 0 Å². The van der Waals surface area contributed by atoms with E-state index in [4.69, 9.17) is 17.0 Å². The number of fused-ring (bicyclic) bond motifs is 1. The highest BCUT2D eigenvalue weighted by Crippen LogP contribution is 2.30. The molecule has 2 aromatic rings. The van der Waals surface area contributed by atoms with Gasteiger partial charge < -0.3 is 9.72 Å². The molecule has 1 aliphatic rings. The van der Waals surface area contributed by atoms with Crippen molar-refractivity contribution in [2.45, 2.75) is 51.7 Å². The predicted octanol–water partition coefficient (Wildman–Crippen LogP) is 3.12. The number of nitrogens with zero attached hydrogens (tertiary/aromatic N) is 3. The van der Waals surface area contributed by atoms with E-state index in [1.807, 2.05) is 11.7 Å². The van der Waals surface area contributed by atoms with Crippen molar-refractivity contribution in [2.75, 3.05) is 6.61 Å². The zero-order valence-corrected chi connectivity index (χ0v) is 13.2. The lowest BCUT2D eigenvalue weighted by atomic mass is 10.0. The van der Waals surface area contributed by atoms with Crippen molar-refractivity contribution < 1.29 is 4.74 Å². The first-order valence-corrected chi connectivity index (χ1v) is 7.80. The lowest BCUT2D eigenvalue weighted by molar-refractivity contribution is 0.00628. The molecule has 2 aromatic heterocycles. The number of nitrogens with one attached hydrogen (secondary N) is 1. The summed E-state index contributed by atoms with van der Waals surface area (Å²) in [6, 6.07) is 0.407. The van der Waals surface area contributed by atoms with E-state index in [2.05, 4.69) is 28.5 Å². The van der Waals surface area contributed by atoms with E-state index in [9.17, 15) is 0 Å². The van der Waals surface area contributed by atoms with Gasteiger partial charge in [0.2, 0.25) is 0 Å². The van der Waals surface area contributed by atoms with Crippen LogP contribution < -0.4 is 0 Å². The second-order valence-corrected chi connectivity index (χ2v) is 6.07. The minimum Gasteiger partial charge on any atom is -0.378 e. The average Bonchev–Trinajstić information content (AvgIpc) is 2.88. The van der Waals surface area contributed by atoms with Crippen molar-refractivity contribution >= 4 is 23.4 Å². The normalized spacial score (nSPS) is 23.6. The first kappa shape index (κ1) is 13.8. The maximum atomic E-state index is 5.65. The van der Waals surface area contributed by atoms with Gasteiger partial charge in [0.15, 0.2) is 10.4 Å². The molecule has 3 rings (SSSR count). The molecular weight excluding hydrogens is 272 g/mol. The highest BCUT2D eigenvalue weighted by Gasteiger charge is 2.25. The van der Waals surface area contributed by atoms with Crippen LogP contribution in [0.3, 0.4) is 0 Å². The quantitative estimate of drug-likeness (QED) is 0.885. The van der Waals surface area contributed by atoms with Gasteiger partial charge in [-0.25, -0.2) is 0 Å². The number of aromatic amines is 1. The third-order valence-corrected chi connectivity index (χ3v) is 4.38. The molecule has 6 heteroatoms. The van der Waals surface area contributed by atoms with Gasteiger partial charge in [0.25, 0.3) is 0 Å². The smallest absolute Gasteiger partial charge is 0.179 e. The van der Waals surface area contributed by atoms with Crippen molar-refractivity contribution in [3.05, 3.63) is 10.5 Å². The highest BCUT2D eigenvalue weighted by molar-refractivity contribution is 7.71. The Morgan fingerprint density at radius 1 is 1.50 bits per heavy atom. The Labute approximate surface area is 123 Å². The molecule has 3 heterocycles. The van der Waals surface area contributed by atoms with Gasteiger partial charge in [0.05, 0.1) is 11.8 Å². The van der Waals surface area contributed by atoms with Crippen molar-refractivity contribution in [1.29, 1.82) is 0 Å². The summed E-state index contributed by atoms with van der Waals surface area (Å²) in [5.74, 6) is 0. The Balaban J connectivity index is 2.10. The van der Waals surface area contributed by atoms with Crippen LogP contribution in [-0.4, -0.2) is 32.0 Å². The van der Waals surface area contributed by atoms with E-state index >= 15 is 0 Å². The lowest BCUT2D eigenvalue weighted by Crippen LogP contribution is -2.26. The zero-order chi connectivity index (χ0) is 14.3. The molecule has 1 N–H and O–H groups in total. The average molecular weight is 294 g/mol. The largest absolute Gasteiger partial charge is 0.378 e. The maximum Gasteiger partial charge on any atom is 0.179 e. The summed E-state index contributed by atoms with van der Waals surface area (Å²) in [6.07, 6.45) is 4.39. The number of ether oxygens (including phenoxy) is 1. The summed E-state index contributed by atoms with van der Waals surface area (Å²) in [4.78, 5) is 3.37. The van der Waals surface area contributed by atoms with E-state index in [-0.39, 0.29) is 0 Å². The topological polar surface area (TPSA) is 47.8 Å². The van der Waals surface area contributed by atoms with Crippen LogP contribution in [0.25, 0.3) is 11.2 Å². The number of rotatable bonds is 3. The number of hydrogen-bond donors (Lipinski definition) is 1. The van der Waals surface area contributed by atoms with Gasteiger partial charge in [-0.2, -0.15) is 5.10 Å². The first-order chi connectivity index (χ1) is 9.61. The lowest BCUT2D eigenvalue weighted by Gasteiger charge is -2.28. The minimum atomic E-state index is 0.295. The summed E-state index contributed by atoms with van der Waals surface area (Å²) in [7, 11) is 2.00. The van der Waals surface area contributed by atoms with Crippen molar-refractivity contribution in [2.24, 2.45) is 7.05 Å². The Morgan fingerprint density at radius 2 is 2.30 bits per heavy atom. The summed E-state index contributed by atoms with van der Waals surface area (Å²) >= 11 is 5.55. The standard InChI is InChI=1S/C14H22N4OS/c1-4-5-11-12-13(17(3)16-11)18(14(20)15-12)10-6-7-19-9(2)8-10/h9-10H,4-8H2,1-3H3,(H,15,20). The number of aryl methyl sites for hydroxylation is 2. The molecule has 20 heavy (non-hydrogen) atoms. The van der Waals surface area contributed by atoms with Crippen LogP contribution in [0.15, 0.2) is 0 Å². The monoisotopic (exact) mass is 294 g/mol. The summed E-state index contributed by atoms with van der Waals surface area (Å²) in [6.45, 7) is 5.11. The van der Waals surface area contributed by atoms with Crippen LogP contribution in [0.2, 0.25) is 0 Å². The second kappa shape index (κ2) is 5.33. The fraction of sp³-hybridized carbons (Fsp3) is 0.714. The van der Waals surface area contributed by atoms with Gasteiger partial charge in [0, 0.05) is 19.7 Å². The van der Waals surface area contributed by atoms with Gasteiger partial charge in [0.1, 0.15) is 5.52 Å². The van der Waals surface area contributed by atoms with Gasteiger partial charge in [-0.15, -0.1) is 0 Å². The van der Waals surface area contributed by atoms with Crippen molar-refractivity contribution in [1.82, 2.24) is 19.3 Å². The molecule has 0 aliphatic carbocycles. The molecule has 1 fully saturated rings. The van der Waals surface area contributed by atoms with Crippen LogP contribution in [0.1, 0.15) is 44.8 Å². The molecule has 1 saturated heterocycles. The van der Waals surface area contributed by atoms with Gasteiger partial charge in [-0.3, -0.25) is 9.25 Å². The molecule has 5 nitrogen and oxygen atoms in total. The summed E-state index contributed by atoms with van der Waals surface area (Å²) < 4.78 is 10.7. The molecule has 0 radical (unpaired) electrons. The van der Waals surface area contributed by atoms with Crippen LogP contribution in [0, 0.1) is 4.77 Å². The third-order valence-electron chi connectivity index (χ3n) is 4.08. The summed E-state index contributed by atoms with van der Waals surface area (Å²) in [5.41, 5.74) is 3.35. The molecule has 110 valence electrons. The minimum absolute atomic E-state index is 0.295. The molecule has 0 saturated carbocycles. The van der Waals surface area contributed by atoms with Crippen LogP contribution >= 0.6 is 12.2 Å². The molecule has 0 aromatic carbocycles. The molecule has 2 atom stereocenters. The Hall–Kier alpha value is -1.14. The first-order valence-electron chi connectivity index (χ1n) is 7.39. The molecule has 1 aliphatic heterocycles. The van der Waals surface area contributed by atoms with Gasteiger partial charge in [-0.1, -0.05) is 13.3 Å². The zero-order valence-electron chi connectivity index (χ0n) is 12.3. The van der Waals surface area contributed by atoms with E-state index < -0.39 is 0 Å². The molecule has 0 bridgehead atoms. The number of aromatic nitrogens is 4. The van der Waals surface area contributed by atoms with Crippen molar-refractivity contribution in [3.8, 4) is 0 Å². The Morgan fingerprint density at radius 3 is 3.00 bits per heavy atom. The van der Waals surface area contributed by atoms with E-state index in [0.29, 0.717) is 12.1 Å². The summed E-state index contributed by atoms with van der Waals surface area (Å²) in [5, 5.41) is 4.64. The van der Waals surface area contributed by atoms with Crippen molar-refractivity contribution in [3.63, 3.8) is 0 Å². The Kier molecular flexibility index (Phi) is 3.69. The van der Waals surface area contributed by atoms with Crippen LogP contribution in [0.5, 0.6) is 0 Å². The number of H-pyrrole nitrogens is 1. The fourth-order valence-corrected chi connectivity index (χ4v) is 3.53. The maximum absolute atomic E-state index is 5.65. The Bertz CT molecular complexity index is 669. The number of imidazole rings is 1. The van der Waals surface area contributed by atoms with E-state index in [1.165, 1.54) is 0 Å². The molecule has 0 spiro atoms. The van der Waals surface area contributed by atoms with Gasteiger partial charge >= 0.3 is 0 Å². The third kappa shape index (κ3) is 2.20. The second-order valence-electron chi connectivity index (χ2n) is 5.68. The molecule has 0 amide bonds. The molecular formula is C14H22N4OS. The number of hydrogen-bond acceptors (Lipinski definition) is 3. The fourth-order valence-electron chi connectivity index (χ4n) is 3.20. The van der Waals surface area contributed by atoms with Crippen LogP contribution in [-0.2, 0) is 18.2 Å². The highest BCUT2D eigenvalue weighted by atomic mass is 32.1. The van der Waals surface area contributed by atoms with Gasteiger partial charge in [-0.05, 0) is 38.4 Å². The van der Waals surface area contributed by atoms with E-state index in [0.717, 1.165) is 53.9 Å². The molecule has 2 unspecified atom stereocenters. The predicted molar refractivity (Wildman–Crippen MR) is 81.6 cm³/mol. The SMILES string of the molecule is CCCc1nn(C)c2c1[nH]c(=S)n2C1CCOC(C)C1.